The van der Waals surface area contributed by atoms with Gasteiger partial charge < -0.3 is 10.2 Å². The van der Waals surface area contributed by atoms with E-state index < -0.39 is 29.9 Å². The number of halogens is 3. The molecule has 1 aliphatic heterocycles. The largest absolute Gasteiger partial charge is 0.480 e. The van der Waals surface area contributed by atoms with E-state index in [1.165, 1.54) is 23.1 Å². The molecular weight excluding hydrogens is 275 g/mol. The number of aliphatic carboxylic acids is 1. The van der Waals surface area contributed by atoms with E-state index in [-0.39, 0.29) is 25.1 Å². The summed E-state index contributed by atoms with van der Waals surface area (Å²) in [5.74, 6) is -1.13. The Bertz CT molecular complexity index is 504. The minimum Gasteiger partial charge on any atom is -0.480 e. The van der Waals surface area contributed by atoms with Crippen LogP contribution in [0.3, 0.4) is 0 Å². The van der Waals surface area contributed by atoms with E-state index in [9.17, 15) is 23.1 Å². The van der Waals surface area contributed by atoms with Crippen LogP contribution in [0.2, 0.25) is 0 Å². The quantitative estimate of drug-likeness (QED) is 0.889. The van der Waals surface area contributed by atoms with Gasteiger partial charge in [-0.3, -0.25) is 9.69 Å². The average molecular weight is 289 g/mol. The molecule has 110 valence electrons. The van der Waals surface area contributed by atoms with Crippen LogP contribution in [0.25, 0.3) is 0 Å². The molecule has 7 heteroatoms. The Morgan fingerprint density at radius 2 is 2.00 bits per heavy atom. The van der Waals surface area contributed by atoms with Crippen LogP contribution in [-0.4, -0.2) is 39.8 Å². The Hall–Kier alpha value is -1.60. The monoisotopic (exact) mass is 289 g/mol. The first-order valence-corrected chi connectivity index (χ1v) is 6.09. The summed E-state index contributed by atoms with van der Waals surface area (Å²) in [6.45, 7) is -0.0904. The number of likely N-dealkylation sites (tertiary alicyclic amines) is 1. The third-order valence-electron chi connectivity index (χ3n) is 3.36. The van der Waals surface area contributed by atoms with Gasteiger partial charge in [-0.25, -0.2) is 0 Å². The van der Waals surface area contributed by atoms with E-state index >= 15 is 0 Å². The van der Waals surface area contributed by atoms with Crippen LogP contribution in [0.5, 0.6) is 0 Å². The van der Waals surface area contributed by atoms with Crippen molar-refractivity contribution in [3.05, 3.63) is 35.4 Å². The van der Waals surface area contributed by atoms with Crippen LogP contribution in [0, 0.1) is 0 Å². The number of benzene rings is 1. The minimum absolute atomic E-state index is 0.0142. The third-order valence-corrected chi connectivity index (χ3v) is 3.36. The number of β-amino-alcohol motifs (C(OH)–C–C–N with tert-alkyl or cyclic N) is 1. The van der Waals surface area contributed by atoms with E-state index in [2.05, 4.69) is 0 Å². The number of aliphatic hydroxyl groups excluding tert-OH is 1. The third kappa shape index (κ3) is 3.10. The highest BCUT2D eigenvalue weighted by Crippen LogP contribution is 2.33. The number of carboxylic acids is 1. The zero-order valence-electron chi connectivity index (χ0n) is 10.5. The van der Waals surface area contributed by atoms with Gasteiger partial charge in [-0.1, -0.05) is 18.2 Å². The summed E-state index contributed by atoms with van der Waals surface area (Å²) in [7, 11) is 0. The molecule has 4 nitrogen and oxygen atoms in total. The molecule has 0 spiro atoms. The predicted octanol–water partition coefficient (Wildman–Crippen LogP) is 1.73. The first kappa shape index (κ1) is 14.8. The molecule has 1 saturated heterocycles. The number of hydrogen-bond donors (Lipinski definition) is 2. The predicted molar refractivity (Wildman–Crippen MR) is 63.9 cm³/mol. The molecule has 1 aromatic rings. The number of aliphatic hydroxyl groups is 1. The molecule has 1 fully saturated rings. The van der Waals surface area contributed by atoms with E-state index in [1.807, 2.05) is 0 Å². The number of carbonyl (C=O) groups is 1. The van der Waals surface area contributed by atoms with Crippen molar-refractivity contribution in [3.63, 3.8) is 0 Å². The molecule has 0 amide bonds. The van der Waals surface area contributed by atoms with Gasteiger partial charge in [0.2, 0.25) is 0 Å². The van der Waals surface area contributed by atoms with Crippen LogP contribution in [-0.2, 0) is 17.5 Å². The molecule has 2 rings (SSSR count). The Morgan fingerprint density at radius 3 is 2.60 bits per heavy atom. The summed E-state index contributed by atoms with van der Waals surface area (Å²) in [6, 6.07) is 4.11. The van der Waals surface area contributed by atoms with Gasteiger partial charge >= 0.3 is 12.1 Å². The van der Waals surface area contributed by atoms with Gasteiger partial charge in [0.15, 0.2) is 0 Å². The Kier molecular flexibility index (Phi) is 4.01. The van der Waals surface area contributed by atoms with E-state index in [0.29, 0.717) is 0 Å². The number of carboxylic acid groups (broad SMARTS) is 1. The Balaban J connectivity index is 2.24. The Morgan fingerprint density at radius 1 is 1.35 bits per heavy atom. The number of nitrogens with zero attached hydrogens (tertiary/aromatic N) is 1. The molecule has 0 saturated carbocycles. The van der Waals surface area contributed by atoms with Gasteiger partial charge in [0.05, 0.1) is 11.7 Å². The van der Waals surface area contributed by atoms with Crippen molar-refractivity contribution in [1.82, 2.24) is 4.90 Å². The van der Waals surface area contributed by atoms with Crippen molar-refractivity contribution < 1.29 is 28.2 Å². The highest BCUT2D eigenvalue weighted by molar-refractivity contribution is 5.74. The molecule has 1 aromatic carbocycles. The smallest absolute Gasteiger partial charge is 0.416 e. The molecule has 0 bridgehead atoms. The average Bonchev–Trinajstić information content (AvgIpc) is 2.70. The molecule has 0 aromatic heterocycles. The van der Waals surface area contributed by atoms with Gasteiger partial charge in [-0.15, -0.1) is 0 Å². The maximum Gasteiger partial charge on any atom is 0.416 e. The molecular formula is C13H14F3NO3. The van der Waals surface area contributed by atoms with Crippen molar-refractivity contribution in [2.24, 2.45) is 0 Å². The lowest BCUT2D eigenvalue weighted by Crippen LogP contribution is -2.36. The fourth-order valence-corrected chi connectivity index (χ4v) is 2.46. The first-order chi connectivity index (χ1) is 9.29. The summed E-state index contributed by atoms with van der Waals surface area (Å²) < 4.78 is 38.6. The first-order valence-electron chi connectivity index (χ1n) is 6.09. The van der Waals surface area contributed by atoms with E-state index in [4.69, 9.17) is 5.11 Å². The van der Waals surface area contributed by atoms with Crippen LogP contribution < -0.4 is 0 Å². The maximum atomic E-state index is 12.9. The van der Waals surface area contributed by atoms with Crippen molar-refractivity contribution in [3.8, 4) is 0 Å². The molecule has 1 aliphatic rings. The number of alkyl halides is 3. The molecule has 2 N–H and O–H groups in total. The van der Waals surface area contributed by atoms with Gasteiger partial charge in [0, 0.05) is 19.5 Å². The highest BCUT2D eigenvalue weighted by atomic mass is 19.4. The fraction of sp³-hybridized carbons (Fsp3) is 0.462. The van der Waals surface area contributed by atoms with Gasteiger partial charge in [0.25, 0.3) is 0 Å². The van der Waals surface area contributed by atoms with Gasteiger partial charge in [0.1, 0.15) is 6.04 Å². The standard InChI is InChI=1S/C13H14F3NO3/c14-13(15,16)10-4-2-1-3-8(10)6-17-7-9(18)5-11(17)12(19)20/h1-4,9,11,18H,5-7H2,(H,19,20). The lowest BCUT2D eigenvalue weighted by Gasteiger charge is -2.22. The zero-order valence-corrected chi connectivity index (χ0v) is 10.5. The summed E-state index contributed by atoms with van der Waals surface area (Å²) in [4.78, 5) is 12.4. The number of rotatable bonds is 3. The van der Waals surface area contributed by atoms with Crippen LogP contribution in [0.4, 0.5) is 13.2 Å². The Labute approximate surface area is 113 Å². The summed E-state index contributed by atoms with van der Waals surface area (Å²) >= 11 is 0. The topological polar surface area (TPSA) is 60.8 Å². The second-order valence-corrected chi connectivity index (χ2v) is 4.83. The molecule has 2 atom stereocenters. The summed E-state index contributed by atoms with van der Waals surface area (Å²) in [6.07, 6.45) is -5.27. The lowest BCUT2D eigenvalue weighted by molar-refractivity contribution is -0.142. The molecule has 20 heavy (non-hydrogen) atoms. The molecule has 0 aliphatic carbocycles. The van der Waals surface area contributed by atoms with Crippen molar-refractivity contribution in [2.45, 2.75) is 31.3 Å². The van der Waals surface area contributed by atoms with E-state index in [0.717, 1.165) is 6.07 Å². The fourth-order valence-electron chi connectivity index (χ4n) is 2.46. The minimum atomic E-state index is -4.48. The van der Waals surface area contributed by atoms with Crippen molar-refractivity contribution >= 4 is 5.97 Å². The normalized spacial score (nSPS) is 24.0. The van der Waals surface area contributed by atoms with Crippen LogP contribution in [0.1, 0.15) is 17.5 Å². The highest BCUT2D eigenvalue weighted by Gasteiger charge is 2.38. The van der Waals surface area contributed by atoms with Crippen molar-refractivity contribution in [2.75, 3.05) is 6.54 Å². The lowest BCUT2D eigenvalue weighted by atomic mass is 10.1. The van der Waals surface area contributed by atoms with Crippen LogP contribution in [0.15, 0.2) is 24.3 Å². The SMILES string of the molecule is O=C(O)C1CC(O)CN1Cc1ccccc1C(F)(F)F. The number of hydrogen-bond acceptors (Lipinski definition) is 3. The second kappa shape index (κ2) is 5.41. The van der Waals surface area contributed by atoms with Gasteiger partial charge in [-0.05, 0) is 11.6 Å². The van der Waals surface area contributed by atoms with Crippen LogP contribution >= 0.6 is 0 Å². The summed E-state index contributed by atoms with van der Waals surface area (Å²) in [5.41, 5.74) is -0.758. The molecule has 2 unspecified atom stereocenters. The second-order valence-electron chi connectivity index (χ2n) is 4.83. The maximum absolute atomic E-state index is 12.9. The molecule has 0 radical (unpaired) electrons. The zero-order chi connectivity index (χ0) is 14.9. The van der Waals surface area contributed by atoms with Crippen molar-refractivity contribution in [1.29, 1.82) is 0 Å². The summed E-state index contributed by atoms with van der Waals surface area (Å²) in [5, 5.41) is 18.5. The van der Waals surface area contributed by atoms with Gasteiger partial charge in [-0.2, -0.15) is 13.2 Å². The van der Waals surface area contributed by atoms with E-state index in [1.54, 1.807) is 0 Å². The molecule has 1 heterocycles.